The van der Waals surface area contributed by atoms with Crippen LogP contribution in [0.1, 0.15) is 26.3 Å². The molecule has 0 aliphatic carbocycles. The van der Waals surface area contributed by atoms with Crippen molar-refractivity contribution in [1.29, 1.82) is 0 Å². The molecule has 1 aromatic carbocycles. The summed E-state index contributed by atoms with van der Waals surface area (Å²) in [7, 11) is 0. The Kier molecular flexibility index (Phi) is 3.79. The number of nitrogens with one attached hydrogen (secondary N) is 1. The predicted octanol–water partition coefficient (Wildman–Crippen LogP) is 3.50. The van der Waals surface area contributed by atoms with Crippen LogP contribution in [-0.2, 0) is 11.2 Å². The van der Waals surface area contributed by atoms with Crippen LogP contribution in [-0.4, -0.2) is 18.2 Å². The van der Waals surface area contributed by atoms with E-state index in [0.717, 1.165) is 23.0 Å². The Bertz CT molecular complexity index is 566. The minimum atomic E-state index is -0.461. The Morgan fingerprint density at radius 3 is 2.84 bits per heavy atom. The van der Waals surface area contributed by atoms with Gasteiger partial charge in [-0.2, -0.15) is 0 Å². The van der Waals surface area contributed by atoms with Gasteiger partial charge in [0.25, 0.3) is 0 Å². The van der Waals surface area contributed by atoms with E-state index in [2.05, 4.69) is 5.32 Å². The number of fused-ring (bicyclic) bond motifs is 1. The highest BCUT2D eigenvalue weighted by atomic mass is 16.6. The summed E-state index contributed by atoms with van der Waals surface area (Å²) >= 11 is 0. The molecule has 4 nitrogen and oxygen atoms in total. The number of carbonyl (C=O) groups excluding carboxylic acids is 1. The van der Waals surface area contributed by atoms with E-state index < -0.39 is 5.60 Å². The Labute approximate surface area is 112 Å². The van der Waals surface area contributed by atoms with Gasteiger partial charge < -0.3 is 14.5 Å². The zero-order chi connectivity index (χ0) is 13.9. The van der Waals surface area contributed by atoms with Crippen LogP contribution in [0.25, 0.3) is 11.0 Å². The molecule has 4 heteroatoms. The van der Waals surface area contributed by atoms with Gasteiger partial charge in [0.05, 0.1) is 6.26 Å². The highest BCUT2D eigenvalue weighted by molar-refractivity contribution is 5.77. The van der Waals surface area contributed by atoms with E-state index in [0.29, 0.717) is 6.54 Å². The summed E-state index contributed by atoms with van der Waals surface area (Å²) < 4.78 is 10.5. The van der Waals surface area contributed by atoms with E-state index in [4.69, 9.17) is 9.15 Å². The molecule has 0 aliphatic heterocycles. The van der Waals surface area contributed by atoms with Crippen molar-refractivity contribution >= 4 is 17.1 Å². The van der Waals surface area contributed by atoms with E-state index in [1.54, 1.807) is 6.26 Å². The van der Waals surface area contributed by atoms with Crippen LogP contribution >= 0.6 is 0 Å². The average Bonchev–Trinajstić information content (AvgIpc) is 2.73. The molecule has 0 atom stereocenters. The average molecular weight is 261 g/mol. The van der Waals surface area contributed by atoms with Crippen LogP contribution < -0.4 is 5.32 Å². The molecule has 1 N–H and O–H groups in total. The molecule has 0 saturated heterocycles. The number of hydrogen-bond donors (Lipinski definition) is 1. The first-order valence-corrected chi connectivity index (χ1v) is 6.37. The number of hydrogen-bond acceptors (Lipinski definition) is 3. The third-order valence-corrected chi connectivity index (χ3v) is 2.60. The molecule has 0 aliphatic rings. The largest absolute Gasteiger partial charge is 0.464 e. The zero-order valence-electron chi connectivity index (χ0n) is 11.5. The third kappa shape index (κ3) is 4.02. The van der Waals surface area contributed by atoms with Gasteiger partial charge in [-0.15, -0.1) is 0 Å². The van der Waals surface area contributed by atoms with Crippen LogP contribution in [0.5, 0.6) is 0 Å². The molecular formula is C15H19NO3. The summed E-state index contributed by atoms with van der Waals surface area (Å²) in [6, 6.07) is 7.97. The van der Waals surface area contributed by atoms with Crippen molar-refractivity contribution < 1.29 is 13.9 Å². The smallest absolute Gasteiger partial charge is 0.407 e. The molecule has 2 aromatic rings. The first-order valence-electron chi connectivity index (χ1n) is 6.37. The van der Waals surface area contributed by atoms with Crippen molar-refractivity contribution in [3.05, 3.63) is 36.1 Å². The molecule has 102 valence electrons. The number of rotatable bonds is 3. The molecular weight excluding hydrogens is 242 g/mol. The van der Waals surface area contributed by atoms with Gasteiger partial charge in [-0.05, 0) is 44.9 Å². The Morgan fingerprint density at radius 2 is 2.11 bits per heavy atom. The van der Waals surface area contributed by atoms with E-state index in [9.17, 15) is 4.79 Å². The predicted molar refractivity (Wildman–Crippen MR) is 74.2 cm³/mol. The molecule has 0 saturated carbocycles. The highest BCUT2D eigenvalue weighted by Crippen LogP contribution is 2.17. The van der Waals surface area contributed by atoms with Crippen molar-refractivity contribution in [3.8, 4) is 0 Å². The van der Waals surface area contributed by atoms with E-state index in [-0.39, 0.29) is 6.09 Å². The molecule has 1 heterocycles. The molecule has 2 rings (SSSR count). The monoisotopic (exact) mass is 261 g/mol. The van der Waals surface area contributed by atoms with Crippen molar-refractivity contribution in [2.24, 2.45) is 0 Å². The van der Waals surface area contributed by atoms with Gasteiger partial charge in [-0.25, -0.2) is 4.79 Å². The van der Waals surface area contributed by atoms with Gasteiger partial charge in [0.2, 0.25) is 0 Å². The summed E-state index contributed by atoms with van der Waals surface area (Å²) in [5, 5.41) is 3.82. The Balaban J connectivity index is 1.83. The molecule has 0 unspecified atom stereocenters. The van der Waals surface area contributed by atoms with Crippen molar-refractivity contribution in [1.82, 2.24) is 5.32 Å². The first kappa shape index (κ1) is 13.5. The molecule has 0 bridgehead atoms. The quantitative estimate of drug-likeness (QED) is 0.920. The van der Waals surface area contributed by atoms with Gasteiger partial charge >= 0.3 is 6.09 Å². The fraction of sp³-hybridized carbons (Fsp3) is 0.400. The van der Waals surface area contributed by atoms with E-state index >= 15 is 0 Å². The maximum absolute atomic E-state index is 11.5. The minimum absolute atomic E-state index is 0.383. The molecule has 1 aromatic heterocycles. The van der Waals surface area contributed by atoms with Gasteiger partial charge in [0.1, 0.15) is 11.2 Å². The van der Waals surface area contributed by atoms with Crippen LogP contribution in [0.3, 0.4) is 0 Å². The molecule has 0 radical (unpaired) electrons. The number of benzene rings is 1. The number of alkyl carbamates (subject to hydrolysis) is 1. The summed E-state index contributed by atoms with van der Waals surface area (Å²) in [5.74, 6) is 0. The molecule has 0 spiro atoms. The van der Waals surface area contributed by atoms with Crippen molar-refractivity contribution in [2.75, 3.05) is 6.54 Å². The minimum Gasteiger partial charge on any atom is -0.464 e. The summed E-state index contributed by atoms with van der Waals surface area (Å²) in [4.78, 5) is 11.5. The fourth-order valence-electron chi connectivity index (χ4n) is 1.78. The Morgan fingerprint density at radius 1 is 1.32 bits per heavy atom. The van der Waals surface area contributed by atoms with Crippen LogP contribution in [0.4, 0.5) is 4.79 Å². The topological polar surface area (TPSA) is 51.5 Å². The lowest BCUT2D eigenvalue weighted by Gasteiger charge is -2.19. The van der Waals surface area contributed by atoms with E-state index in [1.165, 1.54) is 0 Å². The maximum atomic E-state index is 11.5. The fourth-order valence-corrected chi connectivity index (χ4v) is 1.78. The second-order valence-corrected chi connectivity index (χ2v) is 5.47. The second-order valence-electron chi connectivity index (χ2n) is 5.47. The SMILES string of the molecule is CC(C)(C)OC(=O)NCCc1ccc2ccoc2c1. The number of furan rings is 1. The van der Waals surface area contributed by atoms with Gasteiger partial charge in [-0.3, -0.25) is 0 Å². The van der Waals surface area contributed by atoms with Crippen molar-refractivity contribution in [2.45, 2.75) is 32.8 Å². The lowest BCUT2D eigenvalue weighted by Crippen LogP contribution is -2.33. The summed E-state index contributed by atoms with van der Waals surface area (Å²) in [5.41, 5.74) is 1.53. The zero-order valence-corrected chi connectivity index (χ0v) is 11.5. The van der Waals surface area contributed by atoms with Gasteiger partial charge in [0, 0.05) is 11.9 Å². The van der Waals surface area contributed by atoms with Gasteiger partial charge in [0.15, 0.2) is 0 Å². The Hall–Kier alpha value is -1.97. The van der Waals surface area contributed by atoms with Crippen LogP contribution in [0, 0.1) is 0 Å². The first-order chi connectivity index (χ1) is 8.94. The van der Waals surface area contributed by atoms with Crippen molar-refractivity contribution in [3.63, 3.8) is 0 Å². The molecule has 1 amide bonds. The summed E-state index contributed by atoms with van der Waals surface area (Å²) in [6.07, 6.45) is 2.04. The lowest BCUT2D eigenvalue weighted by atomic mass is 10.1. The van der Waals surface area contributed by atoms with E-state index in [1.807, 2.05) is 45.0 Å². The standard InChI is InChI=1S/C15H19NO3/c1-15(2,3)19-14(17)16-8-6-11-4-5-12-7-9-18-13(12)10-11/h4-5,7,9-10H,6,8H2,1-3H3,(H,16,17). The third-order valence-electron chi connectivity index (χ3n) is 2.60. The van der Waals surface area contributed by atoms with Crippen LogP contribution in [0.2, 0.25) is 0 Å². The molecule has 19 heavy (non-hydrogen) atoms. The van der Waals surface area contributed by atoms with Crippen LogP contribution in [0.15, 0.2) is 34.9 Å². The normalized spacial score (nSPS) is 11.5. The van der Waals surface area contributed by atoms with Gasteiger partial charge in [-0.1, -0.05) is 12.1 Å². The molecule has 0 fully saturated rings. The lowest BCUT2D eigenvalue weighted by molar-refractivity contribution is 0.0528. The summed E-state index contributed by atoms with van der Waals surface area (Å²) in [6.45, 7) is 6.08. The number of ether oxygens (including phenoxy) is 1. The highest BCUT2D eigenvalue weighted by Gasteiger charge is 2.15. The number of carbonyl (C=O) groups is 1. The second kappa shape index (κ2) is 5.34. The maximum Gasteiger partial charge on any atom is 0.407 e. The number of amides is 1.